The molecule has 0 atom stereocenters. The van der Waals surface area contributed by atoms with Crippen molar-refractivity contribution in [3.8, 4) is 0 Å². The number of amides is 1. The maximum atomic E-state index is 11.6. The van der Waals surface area contributed by atoms with Crippen LogP contribution in [0.15, 0.2) is 0 Å². The minimum atomic E-state index is -0.378. The summed E-state index contributed by atoms with van der Waals surface area (Å²) in [4.78, 5) is 11.6. The number of nitrogens with one attached hydrogen (secondary N) is 2. The maximum absolute atomic E-state index is 11.6. The predicted octanol–water partition coefficient (Wildman–Crippen LogP) is 1.14. The van der Waals surface area contributed by atoms with Gasteiger partial charge in [0, 0.05) is 0 Å². The van der Waals surface area contributed by atoms with Crippen LogP contribution in [0, 0.1) is 0 Å². The van der Waals surface area contributed by atoms with Gasteiger partial charge in [0.1, 0.15) is 0 Å². The Labute approximate surface area is 79.3 Å². The third-order valence-corrected chi connectivity index (χ3v) is 3.18. The molecule has 2 rings (SSSR count). The van der Waals surface area contributed by atoms with Crippen molar-refractivity contribution in [1.29, 1.82) is 0 Å². The normalized spacial score (nSPS) is 30.5. The van der Waals surface area contributed by atoms with Gasteiger partial charge in [-0.1, -0.05) is 6.42 Å². The fourth-order valence-corrected chi connectivity index (χ4v) is 2.47. The van der Waals surface area contributed by atoms with E-state index in [9.17, 15) is 4.79 Å². The van der Waals surface area contributed by atoms with Crippen LogP contribution in [-0.2, 0) is 4.79 Å². The van der Waals surface area contributed by atoms with Crippen molar-refractivity contribution < 1.29 is 4.79 Å². The smallest absolute Gasteiger partial charge is 0.241 e. The van der Waals surface area contributed by atoms with Crippen LogP contribution in [0.4, 0.5) is 0 Å². The molecule has 0 unspecified atom stereocenters. The summed E-state index contributed by atoms with van der Waals surface area (Å²) in [5.41, 5.74) is -0.448. The van der Waals surface area contributed by atoms with E-state index >= 15 is 0 Å². The van der Waals surface area contributed by atoms with Gasteiger partial charge in [0.2, 0.25) is 5.91 Å². The molecule has 13 heavy (non-hydrogen) atoms. The third kappa shape index (κ3) is 1.46. The molecule has 0 aromatic carbocycles. The van der Waals surface area contributed by atoms with Crippen LogP contribution in [0.1, 0.15) is 46.0 Å². The first-order valence-corrected chi connectivity index (χ1v) is 5.16. The molecule has 2 aliphatic rings. The van der Waals surface area contributed by atoms with Crippen LogP contribution in [-0.4, -0.2) is 17.1 Å². The molecular weight excluding hydrogens is 164 g/mol. The summed E-state index contributed by atoms with van der Waals surface area (Å²) in [6, 6.07) is 0. The van der Waals surface area contributed by atoms with Crippen molar-refractivity contribution in [2.75, 3.05) is 0 Å². The van der Waals surface area contributed by atoms with Crippen LogP contribution in [0.2, 0.25) is 0 Å². The molecule has 0 aromatic rings. The molecule has 1 aliphatic heterocycles. The fraction of sp³-hybridized carbons (Fsp3) is 0.900. The summed E-state index contributed by atoms with van der Waals surface area (Å²) in [6.07, 6.45) is 5.93. The highest BCUT2D eigenvalue weighted by atomic mass is 16.2. The largest absolute Gasteiger partial charge is 0.336 e. The highest BCUT2D eigenvalue weighted by molar-refractivity contribution is 5.88. The average molecular weight is 182 g/mol. The van der Waals surface area contributed by atoms with E-state index in [-0.39, 0.29) is 17.1 Å². The second-order valence-electron chi connectivity index (χ2n) is 4.85. The monoisotopic (exact) mass is 182 g/mol. The van der Waals surface area contributed by atoms with Gasteiger partial charge in [0.15, 0.2) is 0 Å². The van der Waals surface area contributed by atoms with Crippen molar-refractivity contribution in [2.24, 2.45) is 0 Å². The van der Waals surface area contributed by atoms with Gasteiger partial charge in [-0.2, -0.15) is 0 Å². The van der Waals surface area contributed by atoms with Crippen molar-refractivity contribution in [2.45, 2.75) is 57.2 Å². The van der Waals surface area contributed by atoms with Gasteiger partial charge in [-0.25, -0.2) is 0 Å². The Kier molecular flexibility index (Phi) is 1.88. The van der Waals surface area contributed by atoms with E-state index in [1.54, 1.807) is 0 Å². The van der Waals surface area contributed by atoms with Crippen LogP contribution >= 0.6 is 0 Å². The maximum Gasteiger partial charge on any atom is 0.241 e. The lowest BCUT2D eigenvalue weighted by Crippen LogP contribution is -2.53. The molecule has 0 bridgehead atoms. The molecule has 1 spiro atoms. The molecule has 1 heterocycles. The first-order chi connectivity index (χ1) is 6.04. The molecule has 1 aliphatic carbocycles. The molecule has 2 fully saturated rings. The number of rotatable bonds is 0. The summed E-state index contributed by atoms with van der Waals surface area (Å²) in [6.45, 7) is 3.90. The van der Waals surface area contributed by atoms with Crippen LogP contribution in [0.25, 0.3) is 0 Å². The van der Waals surface area contributed by atoms with Gasteiger partial charge in [-0.05, 0) is 39.5 Å². The zero-order chi connectivity index (χ0) is 9.53. The number of hydrogen-bond acceptors (Lipinski definition) is 2. The van der Waals surface area contributed by atoms with Crippen LogP contribution in [0.3, 0.4) is 0 Å². The second kappa shape index (κ2) is 2.71. The van der Waals surface area contributed by atoms with Gasteiger partial charge in [-0.3, -0.25) is 10.1 Å². The van der Waals surface area contributed by atoms with E-state index < -0.39 is 0 Å². The van der Waals surface area contributed by atoms with E-state index in [0.29, 0.717) is 0 Å². The Morgan fingerprint density at radius 1 is 1.15 bits per heavy atom. The molecule has 1 amide bonds. The van der Waals surface area contributed by atoms with Crippen LogP contribution in [0.5, 0.6) is 0 Å². The minimum absolute atomic E-state index is 0.0706. The zero-order valence-electron chi connectivity index (χ0n) is 8.44. The Balaban J connectivity index is 2.14. The van der Waals surface area contributed by atoms with Gasteiger partial charge < -0.3 is 5.32 Å². The van der Waals surface area contributed by atoms with Gasteiger partial charge in [-0.15, -0.1) is 0 Å². The average Bonchev–Trinajstić information content (AvgIpc) is 2.23. The summed E-state index contributed by atoms with van der Waals surface area (Å²) in [7, 11) is 0. The summed E-state index contributed by atoms with van der Waals surface area (Å²) >= 11 is 0. The van der Waals surface area contributed by atoms with Crippen molar-refractivity contribution >= 4 is 5.91 Å². The lowest BCUT2D eigenvalue weighted by atomic mass is 9.89. The predicted molar refractivity (Wildman–Crippen MR) is 51.2 cm³/mol. The SMILES string of the molecule is CC1(C)NC2(CCCCC2)NC1=O. The molecular formula is C10H18N2O. The first-order valence-electron chi connectivity index (χ1n) is 5.16. The Bertz CT molecular complexity index is 229. The molecule has 1 saturated carbocycles. The topological polar surface area (TPSA) is 41.1 Å². The number of carbonyl (C=O) groups is 1. The highest BCUT2D eigenvalue weighted by Crippen LogP contribution is 2.31. The fourth-order valence-electron chi connectivity index (χ4n) is 2.47. The first kappa shape index (κ1) is 9.00. The van der Waals surface area contributed by atoms with E-state index in [1.807, 2.05) is 13.8 Å². The standard InChI is InChI=1S/C10H18N2O/c1-9(2)8(13)11-10(12-9)6-4-3-5-7-10/h12H,3-7H2,1-2H3,(H,11,13). The molecule has 74 valence electrons. The van der Waals surface area contributed by atoms with Crippen LogP contribution < -0.4 is 10.6 Å². The molecule has 3 heteroatoms. The Hall–Kier alpha value is -0.570. The molecule has 3 nitrogen and oxygen atoms in total. The Morgan fingerprint density at radius 2 is 1.77 bits per heavy atom. The molecule has 0 aromatic heterocycles. The van der Waals surface area contributed by atoms with Crippen molar-refractivity contribution in [1.82, 2.24) is 10.6 Å². The highest BCUT2D eigenvalue weighted by Gasteiger charge is 2.48. The summed E-state index contributed by atoms with van der Waals surface area (Å²) in [5, 5.41) is 6.54. The lowest BCUT2D eigenvalue weighted by Gasteiger charge is -2.34. The van der Waals surface area contributed by atoms with Crippen molar-refractivity contribution in [3.63, 3.8) is 0 Å². The molecule has 2 N–H and O–H groups in total. The minimum Gasteiger partial charge on any atom is -0.336 e. The Morgan fingerprint density at radius 3 is 2.23 bits per heavy atom. The molecule has 0 radical (unpaired) electrons. The zero-order valence-corrected chi connectivity index (χ0v) is 8.44. The van der Waals surface area contributed by atoms with Gasteiger partial charge >= 0.3 is 0 Å². The van der Waals surface area contributed by atoms with Gasteiger partial charge in [0.25, 0.3) is 0 Å². The molecule has 1 saturated heterocycles. The van der Waals surface area contributed by atoms with E-state index in [1.165, 1.54) is 19.3 Å². The lowest BCUT2D eigenvalue weighted by molar-refractivity contribution is -0.123. The van der Waals surface area contributed by atoms with Crippen molar-refractivity contribution in [3.05, 3.63) is 0 Å². The van der Waals surface area contributed by atoms with E-state index in [4.69, 9.17) is 0 Å². The second-order valence-corrected chi connectivity index (χ2v) is 4.85. The summed E-state index contributed by atoms with van der Waals surface area (Å²) in [5.74, 6) is 0.148. The number of carbonyl (C=O) groups excluding carboxylic acids is 1. The quantitative estimate of drug-likeness (QED) is 0.590. The van der Waals surface area contributed by atoms with Gasteiger partial charge in [0.05, 0.1) is 11.2 Å². The number of hydrogen-bond donors (Lipinski definition) is 2. The van der Waals surface area contributed by atoms with E-state index in [2.05, 4.69) is 10.6 Å². The van der Waals surface area contributed by atoms with E-state index in [0.717, 1.165) is 12.8 Å². The third-order valence-electron chi connectivity index (χ3n) is 3.18. The summed E-state index contributed by atoms with van der Waals surface area (Å²) < 4.78 is 0.